The molecule has 0 aromatic heterocycles. The molecule has 0 aliphatic heterocycles. The summed E-state index contributed by atoms with van der Waals surface area (Å²) in [6, 6.07) is 16.6. The third-order valence-corrected chi connectivity index (χ3v) is 5.73. The lowest BCUT2D eigenvalue weighted by Gasteiger charge is -2.26. The monoisotopic (exact) mass is 498 g/mol. The third kappa shape index (κ3) is 10.1. The second kappa shape index (κ2) is 15.6. The molecule has 0 saturated heterocycles. The number of hydrogen-bond donors (Lipinski definition) is 3. The van der Waals surface area contributed by atoms with Crippen LogP contribution in [0.2, 0.25) is 0 Å². The van der Waals surface area contributed by atoms with E-state index in [1.54, 1.807) is 13.8 Å². The maximum absolute atomic E-state index is 12.9. The van der Waals surface area contributed by atoms with Crippen LogP contribution in [-0.2, 0) is 32.3 Å². The topological polar surface area (TPSA) is 114 Å². The van der Waals surface area contributed by atoms with E-state index in [0.29, 0.717) is 12.8 Å². The van der Waals surface area contributed by atoms with Gasteiger partial charge in [0.25, 0.3) is 5.91 Å². The zero-order chi connectivity index (χ0) is 26.3. The summed E-state index contributed by atoms with van der Waals surface area (Å²) in [5.74, 6) is -1.62. The summed E-state index contributed by atoms with van der Waals surface area (Å²) >= 11 is 0. The van der Waals surface area contributed by atoms with E-state index in [9.17, 15) is 19.5 Å². The van der Waals surface area contributed by atoms with Crippen LogP contribution in [0.1, 0.15) is 57.6 Å². The van der Waals surface area contributed by atoms with E-state index in [0.717, 1.165) is 24.0 Å². The Morgan fingerprint density at radius 2 is 1.39 bits per heavy atom. The molecule has 2 aromatic carbocycles. The van der Waals surface area contributed by atoms with Crippen LogP contribution in [0.4, 0.5) is 4.79 Å². The minimum absolute atomic E-state index is 0.0688. The standard InChI is InChI=1S/C28H38N2O6/c1-4-5-8-17-23(29-28(34)36-19-22-15-11-7-12-16-22)25(31)26(32)30-24(20(2)3)27(33)35-18-21-13-9-6-10-14-21/h6-7,9-16,20,23-25,31H,4-5,8,17-19H2,1-3H3,(H,29,34)(H,30,32)/t23-,24+,25+/m1/s1. The lowest BCUT2D eigenvalue weighted by molar-refractivity contribution is -0.151. The number of benzene rings is 2. The van der Waals surface area contributed by atoms with Crippen molar-refractivity contribution in [3.8, 4) is 0 Å². The molecule has 0 bridgehead atoms. The molecule has 0 fully saturated rings. The number of alkyl carbamates (subject to hydrolysis) is 1. The molecule has 3 atom stereocenters. The van der Waals surface area contributed by atoms with Gasteiger partial charge < -0.3 is 25.2 Å². The van der Waals surface area contributed by atoms with Crippen molar-refractivity contribution in [3.05, 3.63) is 71.8 Å². The van der Waals surface area contributed by atoms with Crippen LogP contribution < -0.4 is 10.6 Å². The van der Waals surface area contributed by atoms with Gasteiger partial charge in [-0.15, -0.1) is 0 Å². The molecule has 8 heteroatoms. The maximum atomic E-state index is 12.9. The molecule has 2 rings (SSSR count). The molecule has 0 heterocycles. The van der Waals surface area contributed by atoms with Gasteiger partial charge in [0.2, 0.25) is 0 Å². The number of ether oxygens (including phenoxy) is 2. The Morgan fingerprint density at radius 3 is 1.92 bits per heavy atom. The average Bonchev–Trinajstić information content (AvgIpc) is 2.89. The zero-order valence-electron chi connectivity index (χ0n) is 21.3. The maximum Gasteiger partial charge on any atom is 0.407 e. The molecule has 0 radical (unpaired) electrons. The summed E-state index contributed by atoms with van der Waals surface area (Å²) in [5, 5.41) is 16.0. The summed E-state index contributed by atoms with van der Waals surface area (Å²) in [4.78, 5) is 38.0. The minimum atomic E-state index is -1.56. The first-order chi connectivity index (χ1) is 17.3. The normalized spacial score (nSPS) is 13.4. The highest BCUT2D eigenvalue weighted by molar-refractivity contribution is 5.87. The van der Waals surface area contributed by atoms with E-state index in [1.807, 2.05) is 67.6 Å². The number of unbranched alkanes of at least 4 members (excludes halogenated alkanes) is 2. The van der Waals surface area contributed by atoms with Crippen molar-refractivity contribution in [2.45, 2.75) is 77.9 Å². The number of carbonyl (C=O) groups excluding carboxylic acids is 3. The largest absolute Gasteiger partial charge is 0.459 e. The first kappa shape index (κ1) is 28.8. The Morgan fingerprint density at radius 1 is 0.833 bits per heavy atom. The Labute approximate surface area is 213 Å². The van der Waals surface area contributed by atoms with Crippen molar-refractivity contribution < 1.29 is 29.0 Å². The number of amides is 2. The highest BCUT2D eigenvalue weighted by atomic mass is 16.5. The van der Waals surface area contributed by atoms with Gasteiger partial charge in [0, 0.05) is 0 Å². The van der Waals surface area contributed by atoms with Gasteiger partial charge in [-0.3, -0.25) is 4.79 Å². The lowest BCUT2D eigenvalue weighted by atomic mass is 10.0. The van der Waals surface area contributed by atoms with Crippen LogP contribution in [-0.4, -0.2) is 41.3 Å². The fraction of sp³-hybridized carbons (Fsp3) is 0.464. The number of nitrogens with one attached hydrogen (secondary N) is 2. The molecule has 2 amide bonds. The summed E-state index contributed by atoms with van der Waals surface area (Å²) in [5.41, 5.74) is 1.65. The van der Waals surface area contributed by atoms with Crippen LogP contribution in [0.15, 0.2) is 60.7 Å². The highest BCUT2D eigenvalue weighted by Crippen LogP contribution is 2.12. The SMILES string of the molecule is CCCCC[C@@H](NC(=O)OCc1ccccc1)[C@H](O)C(=O)N[C@H](C(=O)OCc1ccccc1)C(C)C. The van der Waals surface area contributed by atoms with Crippen molar-refractivity contribution in [1.29, 1.82) is 0 Å². The number of carbonyl (C=O) groups is 3. The molecule has 0 spiro atoms. The molecule has 8 nitrogen and oxygen atoms in total. The zero-order valence-corrected chi connectivity index (χ0v) is 21.3. The minimum Gasteiger partial charge on any atom is -0.459 e. The van der Waals surface area contributed by atoms with E-state index >= 15 is 0 Å². The number of hydrogen-bond acceptors (Lipinski definition) is 6. The van der Waals surface area contributed by atoms with E-state index < -0.39 is 36.2 Å². The predicted octanol–water partition coefficient (Wildman–Crippen LogP) is 4.11. The van der Waals surface area contributed by atoms with E-state index in [1.165, 1.54) is 0 Å². The number of aliphatic hydroxyl groups excluding tert-OH is 1. The summed E-state index contributed by atoms with van der Waals surface area (Å²) in [7, 11) is 0. The van der Waals surface area contributed by atoms with E-state index in [4.69, 9.17) is 9.47 Å². The first-order valence-corrected chi connectivity index (χ1v) is 12.5. The summed E-state index contributed by atoms with van der Waals surface area (Å²) in [6.45, 7) is 5.74. The molecule has 0 saturated carbocycles. The summed E-state index contributed by atoms with van der Waals surface area (Å²) in [6.07, 6.45) is 0.622. The Hall–Kier alpha value is -3.39. The molecular weight excluding hydrogens is 460 g/mol. The van der Waals surface area contributed by atoms with Crippen molar-refractivity contribution in [1.82, 2.24) is 10.6 Å². The molecule has 0 unspecified atom stereocenters. The van der Waals surface area contributed by atoms with Crippen molar-refractivity contribution in [3.63, 3.8) is 0 Å². The smallest absolute Gasteiger partial charge is 0.407 e. The van der Waals surface area contributed by atoms with E-state index in [2.05, 4.69) is 10.6 Å². The van der Waals surface area contributed by atoms with Gasteiger partial charge in [0.15, 0.2) is 6.10 Å². The predicted molar refractivity (Wildman–Crippen MR) is 137 cm³/mol. The van der Waals surface area contributed by atoms with Crippen molar-refractivity contribution in [2.75, 3.05) is 0 Å². The van der Waals surface area contributed by atoms with E-state index in [-0.39, 0.29) is 19.1 Å². The van der Waals surface area contributed by atoms with Gasteiger partial charge in [-0.25, -0.2) is 9.59 Å². The molecular formula is C28H38N2O6. The van der Waals surface area contributed by atoms with Gasteiger partial charge in [-0.1, -0.05) is 101 Å². The van der Waals surface area contributed by atoms with Crippen molar-refractivity contribution in [2.24, 2.45) is 5.92 Å². The van der Waals surface area contributed by atoms with Crippen molar-refractivity contribution >= 4 is 18.0 Å². The fourth-order valence-electron chi connectivity index (χ4n) is 3.58. The quantitative estimate of drug-likeness (QED) is 0.267. The highest BCUT2D eigenvalue weighted by Gasteiger charge is 2.33. The summed E-state index contributed by atoms with van der Waals surface area (Å²) < 4.78 is 10.6. The molecule has 3 N–H and O–H groups in total. The number of esters is 1. The molecule has 2 aromatic rings. The number of aliphatic hydroxyl groups is 1. The van der Waals surface area contributed by atoms with Crippen LogP contribution >= 0.6 is 0 Å². The number of rotatable bonds is 14. The van der Waals surface area contributed by atoms with Crippen LogP contribution in [0.5, 0.6) is 0 Å². The van der Waals surface area contributed by atoms with Crippen LogP contribution in [0.3, 0.4) is 0 Å². The van der Waals surface area contributed by atoms with Gasteiger partial charge >= 0.3 is 12.1 Å². The Balaban J connectivity index is 1.97. The second-order valence-corrected chi connectivity index (χ2v) is 9.08. The Kier molecular flexibility index (Phi) is 12.5. The van der Waals surface area contributed by atoms with Gasteiger partial charge in [-0.05, 0) is 23.5 Å². The van der Waals surface area contributed by atoms with Crippen LogP contribution in [0, 0.1) is 5.92 Å². The molecule has 0 aliphatic rings. The van der Waals surface area contributed by atoms with Gasteiger partial charge in [-0.2, -0.15) is 0 Å². The average molecular weight is 499 g/mol. The molecule has 36 heavy (non-hydrogen) atoms. The molecule has 0 aliphatic carbocycles. The fourth-order valence-corrected chi connectivity index (χ4v) is 3.58. The van der Waals surface area contributed by atoms with Gasteiger partial charge in [0.1, 0.15) is 19.3 Å². The van der Waals surface area contributed by atoms with Gasteiger partial charge in [0.05, 0.1) is 6.04 Å². The third-order valence-electron chi connectivity index (χ3n) is 5.73. The second-order valence-electron chi connectivity index (χ2n) is 9.08. The molecule has 196 valence electrons. The first-order valence-electron chi connectivity index (χ1n) is 12.5. The van der Waals surface area contributed by atoms with Crippen LogP contribution in [0.25, 0.3) is 0 Å². The lowest BCUT2D eigenvalue weighted by Crippen LogP contribution is -2.55. The Bertz CT molecular complexity index is 936.